The maximum absolute atomic E-state index is 11.3. The van der Waals surface area contributed by atoms with Gasteiger partial charge in [0.05, 0.1) is 6.61 Å². The van der Waals surface area contributed by atoms with Gasteiger partial charge in [-0.25, -0.2) is 4.79 Å². The number of hydrogen-bond acceptors (Lipinski definition) is 3. The maximum Gasteiger partial charge on any atom is 0.513 e. The van der Waals surface area contributed by atoms with E-state index in [0.717, 1.165) is 12.8 Å². The average Bonchev–Trinajstić information content (AvgIpc) is 2.50. The number of carbonyl (C=O) groups is 1. The van der Waals surface area contributed by atoms with Crippen LogP contribution in [-0.4, -0.2) is 12.8 Å². The summed E-state index contributed by atoms with van der Waals surface area (Å²) in [6.45, 7) is 4.58. The minimum atomic E-state index is -0.625. The molecule has 3 heteroatoms. The Morgan fingerprint density at radius 3 is 2.24 bits per heavy atom. The van der Waals surface area contributed by atoms with Gasteiger partial charge in [-0.1, -0.05) is 58.1 Å². The molecule has 118 valence electrons. The molecule has 0 atom stereocenters. The SMILES string of the molecule is CCCCCCCCc1ccc(OC(=O)OCCC)cc1. The highest BCUT2D eigenvalue weighted by molar-refractivity contribution is 5.63. The Balaban J connectivity index is 2.22. The molecule has 3 nitrogen and oxygen atoms in total. The predicted molar refractivity (Wildman–Crippen MR) is 85.8 cm³/mol. The smallest absolute Gasteiger partial charge is 0.434 e. The lowest BCUT2D eigenvalue weighted by Crippen LogP contribution is -2.10. The van der Waals surface area contributed by atoms with Crippen molar-refractivity contribution in [1.29, 1.82) is 0 Å². The maximum atomic E-state index is 11.3. The second-order valence-corrected chi connectivity index (χ2v) is 5.36. The van der Waals surface area contributed by atoms with Crippen LogP contribution in [0.25, 0.3) is 0 Å². The van der Waals surface area contributed by atoms with Gasteiger partial charge >= 0.3 is 6.16 Å². The third-order valence-electron chi connectivity index (χ3n) is 3.37. The molecule has 0 spiro atoms. The number of unbranched alkanes of at least 4 members (excludes halogenated alkanes) is 5. The van der Waals surface area contributed by atoms with E-state index in [1.807, 2.05) is 31.2 Å². The molecular weight excluding hydrogens is 264 g/mol. The van der Waals surface area contributed by atoms with Crippen LogP contribution in [0.2, 0.25) is 0 Å². The number of ether oxygens (including phenoxy) is 2. The molecule has 0 amide bonds. The number of aryl methyl sites for hydroxylation is 1. The van der Waals surface area contributed by atoms with Crippen LogP contribution in [0.15, 0.2) is 24.3 Å². The van der Waals surface area contributed by atoms with Gasteiger partial charge in [0, 0.05) is 0 Å². The van der Waals surface area contributed by atoms with E-state index in [4.69, 9.17) is 9.47 Å². The molecule has 21 heavy (non-hydrogen) atoms. The van der Waals surface area contributed by atoms with Gasteiger partial charge in [-0.05, 0) is 37.0 Å². The summed E-state index contributed by atoms with van der Waals surface area (Å²) >= 11 is 0. The lowest BCUT2D eigenvalue weighted by molar-refractivity contribution is 0.0991. The van der Waals surface area contributed by atoms with Gasteiger partial charge in [-0.3, -0.25) is 0 Å². The first-order valence-electron chi connectivity index (χ1n) is 8.19. The zero-order valence-corrected chi connectivity index (χ0v) is 13.4. The number of rotatable bonds is 10. The lowest BCUT2D eigenvalue weighted by Gasteiger charge is -2.06. The fraction of sp³-hybridized carbons (Fsp3) is 0.611. The summed E-state index contributed by atoms with van der Waals surface area (Å²) in [5, 5.41) is 0. The Kier molecular flexibility index (Phi) is 9.34. The van der Waals surface area contributed by atoms with Crippen molar-refractivity contribution in [3.05, 3.63) is 29.8 Å². The minimum Gasteiger partial charge on any atom is -0.434 e. The summed E-state index contributed by atoms with van der Waals surface area (Å²) in [6, 6.07) is 7.71. The van der Waals surface area contributed by atoms with Gasteiger partial charge in [0.1, 0.15) is 5.75 Å². The van der Waals surface area contributed by atoms with Crippen molar-refractivity contribution in [2.24, 2.45) is 0 Å². The Morgan fingerprint density at radius 1 is 0.905 bits per heavy atom. The first kappa shape index (κ1) is 17.5. The quantitative estimate of drug-likeness (QED) is 0.324. The fourth-order valence-electron chi connectivity index (χ4n) is 2.14. The van der Waals surface area contributed by atoms with Crippen molar-refractivity contribution in [2.75, 3.05) is 6.61 Å². The fourth-order valence-corrected chi connectivity index (χ4v) is 2.14. The van der Waals surface area contributed by atoms with Crippen LogP contribution in [-0.2, 0) is 11.2 Å². The van der Waals surface area contributed by atoms with E-state index in [2.05, 4.69) is 6.92 Å². The van der Waals surface area contributed by atoms with Crippen LogP contribution >= 0.6 is 0 Å². The van der Waals surface area contributed by atoms with Crippen molar-refractivity contribution < 1.29 is 14.3 Å². The second kappa shape index (κ2) is 11.2. The van der Waals surface area contributed by atoms with Crippen molar-refractivity contribution >= 4 is 6.16 Å². The predicted octanol–water partition coefficient (Wildman–Crippen LogP) is 5.52. The Labute approximate surface area is 128 Å². The van der Waals surface area contributed by atoms with Gasteiger partial charge in [-0.2, -0.15) is 0 Å². The molecule has 1 aromatic rings. The highest BCUT2D eigenvalue weighted by atomic mass is 16.7. The van der Waals surface area contributed by atoms with E-state index in [9.17, 15) is 4.79 Å². The summed E-state index contributed by atoms with van der Waals surface area (Å²) in [6.07, 6.45) is 9.10. The van der Waals surface area contributed by atoms with Crippen molar-refractivity contribution in [3.8, 4) is 5.75 Å². The number of benzene rings is 1. The number of hydrogen-bond donors (Lipinski definition) is 0. The molecular formula is C18H28O3. The van der Waals surface area contributed by atoms with Crippen LogP contribution in [0.3, 0.4) is 0 Å². The third kappa shape index (κ3) is 8.38. The van der Waals surface area contributed by atoms with Gasteiger partial charge in [0.2, 0.25) is 0 Å². The molecule has 0 aliphatic heterocycles. The minimum absolute atomic E-state index is 0.398. The first-order valence-corrected chi connectivity index (χ1v) is 8.19. The van der Waals surface area contributed by atoms with Gasteiger partial charge in [-0.15, -0.1) is 0 Å². The van der Waals surface area contributed by atoms with Crippen molar-refractivity contribution in [1.82, 2.24) is 0 Å². The molecule has 0 radical (unpaired) electrons. The second-order valence-electron chi connectivity index (χ2n) is 5.36. The van der Waals surface area contributed by atoms with E-state index in [1.54, 1.807) is 0 Å². The van der Waals surface area contributed by atoms with Gasteiger partial charge in [0.25, 0.3) is 0 Å². The summed E-state index contributed by atoms with van der Waals surface area (Å²) < 4.78 is 9.96. The molecule has 0 heterocycles. The lowest BCUT2D eigenvalue weighted by atomic mass is 10.1. The topological polar surface area (TPSA) is 35.5 Å². The largest absolute Gasteiger partial charge is 0.513 e. The third-order valence-corrected chi connectivity index (χ3v) is 3.37. The van der Waals surface area contributed by atoms with Gasteiger partial charge in [0.15, 0.2) is 0 Å². The zero-order valence-electron chi connectivity index (χ0n) is 13.4. The molecule has 0 aliphatic carbocycles. The van der Waals surface area contributed by atoms with Crippen LogP contribution in [0.4, 0.5) is 4.79 Å². The summed E-state index contributed by atoms with van der Waals surface area (Å²) in [5.74, 6) is 0.544. The van der Waals surface area contributed by atoms with Crippen LogP contribution < -0.4 is 4.74 Å². The van der Waals surface area contributed by atoms with E-state index < -0.39 is 6.16 Å². The summed E-state index contributed by atoms with van der Waals surface area (Å²) in [5.41, 5.74) is 1.29. The standard InChI is InChI=1S/C18H28O3/c1-3-5-6-7-8-9-10-16-11-13-17(14-12-16)21-18(19)20-15-4-2/h11-14H,3-10,15H2,1-2H3. The molecule has 0 saturated carbocycles. The molecule has 0 bridgehead atoms. The molecule has 0 aromatic heterocycles. The first-order chi connectivity index (χ1) is 10.3. The highest BCUT2D eigenvalue weighted by Gasteiger charge is 2.05. The zero-order chi connectivity index (χ0) is 15.3. The summed E-state index contributed by atoms with van der Waals surface area (Å²) in [7, 11) is 0. The number of carbonyl (C=O) groups excluding carboxylic acids is 1. The molecule has 0 unspecified atom stereocenters. The average molecular weight is 292 g/mol. The van der Waals surface area contributed by atoms with Crippen LogP contribution in [0.1, 0.15) is 64.4 Å². The molecule has 0 N–H and O–H groups in total. The monoisotopic (exact) mass is 292 g/mol. The molecule has 0 fully saturated rings. The van der Waals surface area contributed by atoms with Crippen LogP contribution in [0.5, 0.6) is 5.75 Å². The van der Waals surface area contributed by atoms with Crippen molar-refractivity contribution in [2.45, 2.75) is 65.2 Å². The van der Waals surface area contributed by atoms with E-state index in [0.29, 0.717) is 12.4 Å². The van der Waals surface area contributed by atoms with E-state index in [1.165, 1.54) is 44.1 Å². The molecule has 0 saturated heterocycles. The Hall–Kier alpha value is -1.51. The van der Waals surface area contributed by atoms with Crippen molar-refractivity contribution in [3.63, 3.8) is 0 Å². The molecule has 1 aromatic carbocycles. The van der Waals surface area contributed by atoms with E-state index in [-0.39, 0.29) is 0 Å². The Bertz CT molecular complexity index is 384. The van der Waals surface area contributed by atoms with Gasteiger partial charge < -0.3 is 9.47 Å². The molecule has 1 rings (SSSR count). The molecule has 0 aliphatic rings. The summed E-state index contributed by atoms with van der Waals surface area (Å²) in [4.78, 5) is 11.3. The Morgan fingerprint density at radius 2 is 1.57 bits per heavy atom. The van der Waals surface area contributed by atoms with Crippen LogP contribution in [0, 0.1) is 0 Å². The normalized spacial score (nSPS) is 10.4. The highest BCUT2D eigenvalue weighted by Crippen LogP contribution is 2.15. The van der Waals surface area contributed by atoms with E-state index >= 15 is 0 Å².